The monoisotopic (exact) mass is 402 g/mol. The highest BCUT2D eigenvalue weighted by Gasteiger charge is 2.72. The summed E-state index contributed by atoms with van der Waals surface area (Å²) in [6.07, 6.45) is 5.73. The first-order valence-electron chi connectivity index (χ1n) is 9.39. The van der Waals surface area contributed by atoms with Crippen molar-refractivity contribution in [3.05, 3.63) is 24.5 Å². The average Bonchev–Trinajstić information content (AvgIpc) is 3.08. The largest absolute Gasteiger partial charge is 0.443 e. The van der Waals surface area contributed by atoms with Crippen molar-refractivity contribution in [1.82, 2.24) is 9.97 Å². The molecule has 0 atom stereocenters. The number of amides is 1. The summed E-state index contributed by atoms with van der Waals surface area (Å²) in [5, 5.41) is 4.08. The Hall–Kier alpha value is -2.23. The van der Waals surface area contributed by atoms with Crippen LogP contribution in [0.3, 0.4) is 0 Å². The molecule has 0 aromatic carbocycles. The van der Waals surface area contributed by atoms with E-state index in [-0.39, 0.29) is 16.9 Å². The third-order valence-corrected chi connectivity index (χ3v) is 6.67. The highest BCUT2D eigenvalue weighted by atomic mass is 32.1. The number of pyridine rings is 1. The normalized spacial score (nSPS) is 28.2. The Balaban J connectivity index is 1.17. The Bertz CT molecular complexity index is 859. The second-order valence-electron chi connectivity index (χ2n) is 7.69. The van der Waals surface area contributed by atoms with Crippen molar-refractivity contribution < 1.29 is 19.0 Å². The predicted octanol–water partition coefficient (Wildman–Crippen LogP) is 2.67. The quantitative estimate of drug-likeness (QED) is 0.795. The second kappa shape index (κ2) is 6.68. The highest BCUT2D eigenvalue weighted by Crippen LogP contribution is 2.69. The van der Waals surface area contributed by atoms with Crippen LogP contribution in [0.2, 0.25) is 0 Å². The zero-order chi connectivity index (χ0) is 19.2. The van der Waals surface area contributed by atoms with Crippen LogP contribution >= 0.6 is 11.3 Å². The molecule has 3 saturated carbocycles. The number of nitrogens with one attached hydrogen (secondary N) is 1. The molecule has 8 nitrogen and oxygen atoms in total. The van der Waals surface area contributed by atoms with Crippen molar-refractivity contribution >= 4 is 28.2 Å². The number of nitrogens with zero attached hydrogens (tertiary/aromatic N) is 3. The van der Waals surface area contributed by atoms with E-state index in [1.807, 2.05) is 12.1 Å². The number of aromatic nitrogens is 2. The van der Waals surface area contributed by atoms with Crippen molar-refractivity contribution in [3.63, 3.8) is 0 Å². The van der Waals surface area contributed by atoms with Crippen molar-refractivity contribution in [1.29, 1.82) is 0 Å². The SMILES string of the molecule is COC12CC(C(=O)Nc3ncc(Oc4ccc(N5CCOCC5)nc4)s3)(C1)C2. The summed E-state index contributed by atoms with van der Waals surface area (Å²) < 4.78 is 16.6. The lowest BCUT2D eigenvalue weighted by atomic mass is 9.41. The van der Waals surface area contributed by atoms with E-state index >= 15 is 0 Å². The summed E-state index contributed by atoms with van der Waals surface area (Å²) in [6.45, 7) is 3.14. The van der Waals surface area contributed by atoms with Crippen molar-refractivity contribution in [3.8, 4) is 10.8 Å². The number of morpholine rings is 1. The molecule has 6 rings (SSSR count). The molecule has 4 fully saturated rings. The lowest BCUT2D eigenvalue weighted by molar-refractivity contribution is -0.260. The number of methoxy groups -OCH3 is 1. The van der Waals surface area contributed by atoms with Gasteiger partial charge in [0.05, 0.1) is 36.6 Å². The molecule has 9 heteroatoms. The van der Waals surface area contributed by atoms with Gasteiger partial charge in [0.1, 0.15) is 11.6 Å². The van der Waals surface area contributed by atoms with Gasteiger partial charge in [-0.1, -0.05) is 11.3 Å². The van der Waals surface area contributed by atoms with Crippen LogP contribution in [0.5, 0.6) is 10.8 Å². The number of carbonyl (C=O) groups excluding carboxylic acids is 1. The van der Waals surface area contributed by atoms with Crippen molar-refractivity contribution in [2.75, 3.05) is 43.6 Å². The maximum Gasteiger partial charge on any atom is 0.232 e. The topological polar surface area (TPSA) is 85.8 Å². The molecular weight excluding hydrogens is 380 g/mol. The van der Waals surface area contributed by atoms with Crippen LogP contribution in [0.4, 0.5) is 10.9 Å². The fourth-order valence-corrected chi connectivity index (χ4v) is 4.96. The first-order valence-corrected chi connectivity index (χ1v) is 10.2. The minimum Gasteiger partial charge on any atom is -0.443 e. The Kier molecular flexibility index (Phi) is 4.26. The zero-order valence-corrected chi connectivity index (χ0v) is 16.5. The van der Waals surface area contributed by atoms with Crippen LogP contribution in [0.1, 0.15) is 19.3 Å². The minimum atomic E-state index is -0.262. The van der Waals surface area contributed by atoms with Crippen molar-refractivity contribution in [2.24, 2.45) is 5.41 Å². The summed E-state index contributed by atoms with van der Waals surface area (Å²) in [5.74, 6) is 1.59. The molecule has 3 heterocycles. The van der Waals surface area contributed by atoms with Gasteiger partial charge in [0.25, 0.3) is 0 Å². The lowest BCUT2D eigenvalue weighted by Gasteiger charge is -2.67. The zero-order valence-electron chi connectivity index (χ0n) is 15.6. The molecule has 1 amide bonds. The molecule has 2 bridgehead atoms. The first kappa shape index (κ1) is 17.8. The van der Waals surface area contributed by atoms with Crippen LogP contribution in [0.25, 0.3) is 0 Å². The molecule has 1 aliphatic heterocycles. The molecule has 4 aliphatic rings. The van der Waals surface area contributed by atoms with Crippen LogP contribution < -0.4 is 15.0 Å². The molecule has 3 aliphatic carbocycles. The van der Waals surface area contributed by atoms with Gasteiger partial charge in [-0.05, 0) is 31.4 Å². The van der Waals surface area contributed by atoms with E-state index in [0.29, 0.717) is 15.9 Å². The van der Waals surface area contributed by atoms with Gasteiger partial charge in [-0.15, -0.1) is 0 Å². The van der Waals surface area contributed by atoms with Crippen LogP contribution in [0.15, 0.2) is 24.5 Å². The van der Waals surface area contributed by atoms with Gasteiger partial charge < -0.3 is 24.4 Å². The number of thiazole rings is 1. The van der Waals surface area contributed by atoms with Gasteiger partial charge in [0, 0.05) is 20.2 Å². The Morgan fingerprint density at radius 1 is 1.21 bits per heavy atom. The molecule has 0 unspecified atom stereocenters. The van der Waals surface area contributed by atoms with E-state index in [1.54, 1.807) is 19.5 Å². The summed E-state index contributed by atoms with van der Waals surface area (Å²) in [7, 11) is 1.72. The summed E-state index contributed by atoms with van der Waals surface area (Å²) in [6, 6.07) is 3.83. The van der Waals surface area contributed by atoms with E-state index in [4.69, 9.17) is 14.2 Å². The van der Waals surface area contributed by atoms with Gasteiger partial charge in [-0.25, -0.2) is 9.97 Å². The smallest absolute Gasteiger partial charge is 0.232 e. The molecule has 0 radical (unpaired) electrons. The standard InChI is InChI=1S/C19H22N4O4S/c1-25-19-10-18(11-19,12-19)16(24)22-17-21-9-15(28-17)27-13-2-3-14(20-8-13)23-4-6-26-7-5-23/h2-3,8-9H,4-7,10-12H2,1H3,(H,21,22,24). The lowest BCUT2D eigenvalue weighted by Crippen LogP contribution is -2.72. The first-order chi connectivity index (χ1) is 13.6. The van der Waals surface area contributed by atoms with Gasteiger partial charge in [-0.2, -0.15) is 0 Å². The Morgan fingerprint density at radius 3 is 2.68 bits per heavy atom. The molecule has 28 heavy (non-hydrogen) atoms. The fourth-order valence-electron chi connectivity index (χ4n) is 4.27. The average molecular weight is 402 g/mol. The number of hydrogen-bond donors (Lipinski definition) is 1. The van der Waals surface area contributed by atoms with E-state index in [9.17, 15) is 4.79 Å². The van der Waals surface area contributed by atoms with Gasteiger partial charge in [0.2, 0.25) is 11.0 Å². The maximum atomic E-state index is 12.5. The fraction of sp³-hybridized carbons (Fsp3) is 0.526. The minimum absolute atomic E-state index is 0.0313. The number of ether oxygens (including phenoxy) is 3. The molecular formula is C19H22N4O4S. The number of hydrogen-bond acceptors (Lipinski definition) is 8. The molecule has 2 aromatic rings. The molecule has 1 saturated heterocycles. The molecule has 0 spiro atoms. The number of anilines is 2. The summed E-state index contributed by atoms with van der Waals surface area (Å²) >= 11 is 1.31. The summed E-state index contributed by atoms with van der Waals surface area (Å²) in [5.41, 5.74) is -0.309. The molecule has 2 aromatic heterocycles. The van der Waals surface area contributed by atoms with Crippen LogP contribution in [-0.4, -0.2) is 54.9 Å². The predicted molar refractivity (Wildman–Crippen MR) is 104 cm³/mol. The maximum absolute atomic E-state index is 12.5. The van der Waals surface area contributed by atoms with E-state index in [0.717, 1.165) is 51.4 Å². The van der Waals surface area contributed by atoms with Gasteiger partial charge in [0.15, 0.2) is 5.13 Å². The second-order valence-corrected chi connectivity index (χ2v) is 8.68. The Morgan fingerprint density at radius 2 is 2.00 bits per heavy atom. The molecule has 148 valence electrons. The number of carbonyl (C=O) groups is 1. The van der Waals surface area contributed by atoms with E-state index < -0.39 is 0 Å². The highest BCUT2D eigenvalue weighted by molar-refractivity contribution is 7.17. The van der Waals surface area contributed by atoms with Gasteiger partial charge >= 0.3 is 0 Å². The molecule has 1 N–H and O–H groups in total. The number of rotatable bonds is 6. The van der Waals surface area contributed by atoms with Crippen LogP contribution in [0, 0.1) is 5.41 Å². The van der Waals surface area contributed by atoms with E-state index in [1.165, 1.54) is 11.3 Å². The third-order valence-electron chi connectivity index (χ3n) is 5.88. The Labute approximate surface area is 166 Å². The van der Waals surface area contributed by atoms with Crippen LogP contribution in [-0.2, 0) is 14.3 Å². The van der Waals surface area contributed by atoms with Crippen molar-refractivity contribution in [2.45, 2.75) is 24.9 Å². The third kappa shape index (κ3) is 3.03. The van der Waals surface area contributed by atoms with E-state index in [2.05, 4.69) is 20.2 Å². The summed E-state index contributed by atoms with van der Waals surface area (Å²) in [4.78, 5) is 23.4. The van der Waals surface area contributed by atoms with Gasteiger partial charge in [-0.3, -0.25) is 4.79 Å².